The molecule has 1 saturated heterocycles. The van der Waals surface area contributed by atoms with Gasteiger partial charge >= 0.3 is 5.97 Å². The second-order valence-electron chi connectivity index (χ2n) is 8.42. The molecule has 0 saturated carbocycles. The number of ether oxygens (including phenoxy) is 1. The summed E-state index contributed by atoms with van der Waals surface area (Å²) >= 11 is 6.03. The highest BCUT2D eigenvalue weighted by atomic mass is 35.5. The third kappa shape index (κ3) is 4.00. The third-order valence-electron chi connectivity index (χ3n) is 6.32. The van der Waals surface area contributed by atoms with E-state index >= 15 is 0 Å². The number of methoxy groups -OCH3 is 1. The monoisotopic (exact) mass is 454 g/mol. The van der Waals surface area contributed by atoms with Gasteiger partial charge in [-0.2, -0.15) is 0 Å². The molecule has 1 aromatic heterocycles. The Balaban J connectivity index is 1.99. The molecule has 2 atom stereocenters. The van der Waals surface area contributed by atoms with Crippen LogP contribution in [0.3, 0.4) is 0 Å². The van der Waals surface area contributed by atoms with Crippen LogP contribution >= 0.6 is 11.6 Å². The molecule has 0 radical (unpaired) electrons. The number of aromatic amines is 1. The number of nitrogens with one attached hydrogen (secondary N) is 2. The Morgan fingerprint density at radius 1 is 1.28 bits per heavy atom. The number of halogens is 1. The molecule has 1 aliphatic heterocycles. The van der Waals surface area contributed by atoms with Crippen molar-refractivity contribution in [1.82, 2.24) is 10.3 Å². The van der Waals surface area contributed by atoms with E-state index in [-0.39, 0.29) is 5.78 Å². The Morgan fingerprint density at radius 2 is 2.00 bits per heavy atom. The zero-order chi connectivity index (χ0) is 23.0. The summed E-state index contributed by atoms with van der Waals surface area (Å²) in [7, 11) is 1.56. The highest BCUT2D eigenvalue weighted by Crippen LogP contribution is 2.40. The molecular formula is C25H27ClN2O4. The molecule has 0 spiro atoms. The van der Waals surface area contributed by atoms with Crippen molar-refractivity contribution in [2.75, 3.05) is 13.7 Å². The first-order valence-corrected chi connectivity index (χ1v) is 11.2. The lowest BCUT2D eigenvalue weighted by molar-refractivity contribution is -0.138. The van der Waals surface area contributed by atoms with Crippen LogP contribution in [0.1, 0.15) is 58.4 Å². The van der Waals surface area contributed by atoms with Crippen LogP contribution in [0.25, 0.3) is 10.9 Å². The molecule has 168 valence electrons. The van der Waals surface area contributed by atoms with Gasteiger partial charge in [-0.25, -0.2) is 0 Å². The summed E-state index contributed by atoms with van der Waals surface area (Å²) < 4.78 is 5.83. The van der Waals surface area contributed by atoms with E-state index in [0.29, 0.717) is 38.9 Å². The van der Waals surface area contributed by atoms with Crippen molar-refractivity contribution < 1.29 is 19.4 Å². The second kappa shape index (κ2) is 8.96. The number of carboxylic acid groups (broad SMARTS) is 1. The largest absolute Gasteiger partial charge is 0.496 e. The Morgan fingerprint density at radius 3 is 2.59 bits per heavy atom. The molecular weight excluding hydrogens is 428 g/mol. The number of carboxylic acids is 1. The van der Waals surface area contributed by atoms with Crippen LogP contribution < -0.4 is 10.1 Å². The van der Waals surface area contributed by atoms with Crippen molar-refractivity contribution in [3.05, 3.63) is 63.3 Å². The number of ketones is 1. The number of aliphatic carboxylic acids is 1. The SMILES string of the molecule is COc1c(CC2CCCN2)cc2[nH]c(C)c(C(C)C(=O)O)c2c1C(=O)c1ccc(Cl)cc1. The number of benzene rings is 2. The van der Waals surface area contributed by atoms with E-state index in [1.54, 1.807) is 38.3 Å². The lowest BCUT2D eigenvalue weighted by Crippen LogP contribution is -2.24. The van der Waals surface area contributed by atoms with Crippen molar-refractivity contribution in [2.45, 2.75) is 45.1 Å². The Bertz CT molecular complexity index is 1180. The van der Waals surface area contributed by atoms with Crippen LogP contribution in [0.4, 0.5) is 0 Å². The number of H-pyrrole nitrogens is 1. The normalized spacial score (nSPS) is 16.9. The summed E-state index contributed by atoms with van der Waals surface area (Å²) in [5.41, 5.74) is 3.88. The minimum Gasteiger partial charge on any atom is -0.496 e. The maximum absolute atomic E-state index is 13.8. The molecule has 32 heavy (non-hydrogen) atoms. The summed E-state index contributed by atoms with van der Waals surface area (Å²) in [6.07, 6.45) is 2.91. The topological polar surface area (TPSA) is 91.4 Å². The number of fused-ring (bicyclic) bond motifs is 1. The smallest absolute Gasteiger partial charge is 0.310 e. The van der Waals surface area contributed by atoms with E-state index in [1.165, 1.54) is 0 Å². The van der Waals surface area contributed by atoms with E-state index in [1.807, 2.05) is 13.0 Å². The molecule has 0 aliphatic carbocycles. The number of carbonyl (C=O) groups is 2. The van der Waals surface area contributed by atoms with E-state index in [4.69, 9.17) is 16.3 Å². The van der Waals surface area contributed by atoms with Gasteiger partial charge in [-0.15, -0.1) is 0 Å². The summed E-state index contributed by atoms with van der Waals surface area (Å²) in [4.78, 5) is 29.0. The molecule has 1 fully saturated rings. The molecule has 0 bridgehead atoms. The van der Waals surface area contributed by atoms with Crippen LogP contribution in [-0.2, 0) is 11.2 Å². The third-order valence-corrected chi connectivity index (χ3v) is 6.57. The molecule has 2 heterocycles. The number of hydrogen-bond donors (Lipinski definition) is 3. The highest BCUT2D eigenvalue weighted by Gasteiger charge is 2.30. The van der Waals surface area contributed by atoms with Gasteiger partial charge in [-0.3, -0.25) is 9.59 Å². The predicted molar refractivity (Wildman–Crippen MR) is 125 cm³/mol. The molecule has 3 N–H and O–H groups in total. The quantitative estimate of drug-likeness (QED) is 0.444. The second-order valence-corrected chi connectivity index (χ2v) is 8.86. The van der Waals surface area contributed by atoms with Gasteiger partial charge in [0.2, 0.25) is 0 Å². The fourth-order valence-electron chi connectivity index (χ4n) is 4.76. The first-order chi connectivity index (χ1) is 15.3. The number of aromatic nitrogens is 1. The summed E-state index contributed by atoms with van der Waals surface area (Å²) in [6.45, 7) is 4.46. The van der Waals surface area contributed by atoms with Gasteiger partial charge in [-0.05, 0) is 81.1 Å². The lowest BCUT2D eigenvalue weighted by atomic mass is 9.88. The molecule has 6 nitrogen and oxygen atoms in total. The average molecular weight is 455 g/mol. The summed E-state index contributed by atoms with van der Waals surface area (Å²) in [6, 6.07) is 9.02. The van der Waals surface area contributed by atoms with Crippen LogP contribution in [0.2, 0.25) is 5.02 Å². The fraction of sp³-hybridized carbons (Fsp3) is 0.360. The van der Waals surface area contributed by atoms with Gasteiger partial charge in [0.05, 0.1) is 18.6 Å². The number of rotatable bonds is 7. The van der Waals surface area contributed by atoms with Gasteiger partial charge < -0.3 is 20.1 Å². The van der Waals surface area contributed by atoms with Gasteiger partial charge in [0.1, 0.15) is 5.75 Å². The van der Waals surface area contributed by atoms with Crippen LogP contribution in [0.5, 0.6) is 5.75 Å². The first-order valence-electron chi connectivity index (χ1n) is 10.8. The summed E-state index contributed by atoms with van der Waals surface area (Å²) in [5.74, 6) is -1.45. The Hall–Kier alpha value is -2.83. The van der Waals surface area contributed by atoms with Crippen LogP contribution in [0.15, 0.2) is 30.3 Å². The fourth-order valence-corrected chi connectivity index (χ4v) is 4.89. The molecule has 2 unspecified atom stereocenters. The van der Waals surface area contributed by atoms with E-state index < -0.39 is 11.9 Å². The standard InChI is InChI=1S/C25H27ClN2O4/c1-13(25(30)31)20-14(2)28-19-12-16(11-18-5-4-10-27-18)24(32-3)22(21(19)20)23(29)15-6-8-17(26)9-7-15/h6-9,12-13,18,27-28H,4-5,10-11H2,1-3H3,(H,30,31). The number of aryl methyl sites for hydroxylation is 1. The van der Waals surface area contributed by atoms with Gasteiger partial charge in [0.15, 0.2) is 5.78 Å². The van der Waals surface area contributed by atoms with E-state index in [9.17, 15) is 14.7 Å². The van der Waals surface area contributed by atoms with Crippen molar-refractivity contribution in [3.63, 3.8) is 0 Å². The van der Waals surface area contributed by atoms with Gasteiger partial charge in [-0.1, -0.05) is 11.6 Å². The molecule has 3 aromatic rings. The lowest BCUT2D eigenvalue weighted by Gasteiger charge is -2.19. The average Bonchev–Trinajstić information content (AvgIpc) is 3.39. The van der Waals surface area contributed by atoms with E-state index in [0.717, 1.165) is 42.6 Å². The maximum atomic E-state index is 13.8. The van der Waals surface area contributed by atoms with Crippen LogP contribution in [-0.4, -0.2) is 41.5 Å². The minimum absolute atomic E-state index is 0.220. The van der Waals surface area contributed by atoms with Gasteiger partial charge in [0.25, 0.3) is 0 Å². The van der Waals surface area contributed by atoms with Crippen molar-refractivity contribution in [3.8, 4) is 5.75 Å². The van der Waals surface area contributed by atoms with Gasteiger partial charge in [0, 0.05) is 33.2 Å². The molecule has 0 amide bonds. The first kappa shape index (κ1) is 22.4. The highest BCUT2D eigenvalue weighted by molar-refractivity contribution is 6.30. The Kier molecular flexibility index (Phi) is 6.26. The van der Waals surface area contributed by atoms with E-state index in [2.05, 4.69) is 10.3 Å². The zero-order valence-electron chi connectivity index (χ0n) is 18.4. The van der Waals surface area contributed by atoms with Crippen molar-refractivity contribution >= 4 is 34.3 Å². The molecule has 7 heteroatoms. The molecule has 4 rings (SSSR count). The number of carbonyl (C=O) groups excluding carboxylic acids is 1. The minimum atomic E-state index is -0.947. The van der Waals surface area contributed by atoms with Crippen molar-refractivity contribution in [1.29, 1.82) is 0 Å². The molecule has 2 aromatic carbocycles. The predicted octanol–water partition coefficient (Wildman–Crippen LogP) is 4.85. The number of hydrogen-bond acceptors (Lipinski definition) is 4. The Labute approximate surface area is 191 Å². The molecule has 1 aliphatic rings. The summed E-state index contributed by atoms with van der Waals surface area (Å²) in [5, 5.41) is 14.4. The zero-order valence-corrected chi connectivity index (χ0v) is 19.2. The van der Waals surface area contributed by atoms with Crippen molar-refractivity contribution in [2.24, 2.45) is 0 Å². The maximum Gasteiger partial charge on any atom is 0.310 e. The van der Waals surface area contributed by atoms with Crippen LogP contribution in [0, 0.1) is 6.92 Å².